The number of hydrogen-bond donors (Lipinski definition) is 2. The van der Waals surface area contributed by atoms with E-state index in [1.54, 1.807) is 0 Å². The van der Waals surface area contributed by atoms with Crippen molar-refractivity contribution in [2.75, 3.05) is 39.5 Å². The molecule has 0 aromatic rings. The van der Waals surface area contributed by atoms with E-state index in [0.29, 0.717) is 13.2 Å². The van der Waals surface area contributed by atoms with Gasteiger partial charge in [0.15, 0.2) is 0 Å². The van der Waals surface area contributed by atoms with Crippen LogP contribution in [0, 0.1) is 5.92 Å². The number of rotatable bonds is 12. The highest BCUT2D eigenvalue weighted by Gasteiger charge is 2.20. The number of nitrogens with one attached hydrogen (secondary N) is 1. The lowest BCUT2D eigenvalue weighted by molar-refractivity contribution is 0.0345. The van der Waals surface area contributed by atoms with Gasteiger partial charge < -0.3 is 19.9 Å². The Kier molecular flexibility index (Phi) is 8.61. The van der Waals surface area contributed by atoms with Crippen LogP contribution in [-0.2, 0) is 9.47 Å². The summed E-state index contributed by atoms with van der Waals surface area (Å²) >= 11 is 0. The van der Waals surface area contributed by atoms with E-state index in [1.165, 1.54) is 12.8 Å². The van der Waals surface area contributed by atoms with Crippen LogP contribution >= 0.6 is 0 Å². The lowest BCUT2D eigenvalue weighted by Crippen LogP contribution is -2.32. The molecule has 1 aliphatic carbocycles. The molecule has 0 amide bonds. The predicted molar refractivity (Wildman–Crippen MR) is 68.1 cm³/mol. The molecule has 4 nitrogen and oxygen atoms in total. The van der Waals surface area contributed by atoms with E-state index in [2.05, 4.69) is 12.2 Å². The summed E-state index contributed by atoms with van der Waals surface area (Å²) in [5, 5.41) is 12.7. The first-order valence-corrected chi connectivity index (χ1v) is 6.87. The third-order valence-electron chi connectivity index (χ3n) is 2.81. The van der Waals surface area contributed by atoms with Crippen LogP contribution in [0.15, 0.2) is 0 Å². The van der Waals surface area contributed by atoms with Crippen molar-refractivity contribution in [3.8, 4) is 0 Å². The largest absolute Gasteiger partial charge is 0.389 e. The van der Waals surface area contributed by atoms with E-state index < -0.39 is 6.10 Å². The first kappa shape index (κ1) is 14.9. The van der Waals surface area contributed by atoms with Gasteiger partial charge in [0.25, 0.3) is 0 Å². The van der Waals surface area contributed by atoms with Gasteiger partial charge in [0, 0.05) is 26.3 Å². The molecule has 0 aliphatic heterocycles. The van der Waals surface area contributed by atoms with Crippen LogP contribution in [0.4, 0.5) is 0 Å². The van der Waals surface area contributed by atoms with Gasteiger partial charge in [-0.3, -0.25) is 0 Å². The highest BCUT2D eigenvalue weighted by molar-refractivity contribution is 4.72. The van der Waals surface area contributed by atoms with E-state index >= 15 is 0 Å². The number of hydrogen-bond acceptors (Lipinski definition) is 4. The fourth-order valence-corrected chi connectivity index (χ4v) is 1.47. The van der Waals surface area contributed by atoms with Crippen LogP contribution in [0.3, 0.4) is 0 Å². The molecule has 1 saturated carbocycles. The van der Waals surface area contributed by atoms with Gasteiger partial charge in [-0.15, -0.1) is 0 Å². The summed E-state index contributed by atoms with van der Waals surface area (Å²) in [6.45, 7) is 6.33. The summed E-state index contributed by atoms with van der Waals surface area (Å²) < 4.78 is 10.8. The van der Waals surface area contributed by atoms with Crippen molar-refractivity contribution >= 4 is 0 Å². The lowest BCUT2D eigenvalue weighted by atomic mass is 10.3. The van der Waals surface area contributed by atoms with Gasteiger partial charge in [-0.25, -0.2) is 0 Å². The van der Waals surface area contributed by atoms with Crippen LogP contribution in [-0.4, -0.2) is 50.7 Å². The molecule has 0 aromatic heterocycles. The van der Waals surface area contributed by atoms with Crippen molar-refractivity contribution in [1.29, 1.82) is 0 Å². The second kappa shape index (κ2) is 9.83. The molecule has 0 radical (unpaired) electrons. The minimum Gasteiger partial charge on any atom is -0.389 e. The van der Waals surface area contributed by atoms with Gasteiger partial charge in [-0.1, -0.05) is 13.3 Å². The Morgan fingerprint density at radius 3 is 2.82 bits per heavy atom. The lowest BCUT2D eigenvalue weighted by Gasteiger charge is -2.12. The molecule has 0 spiro atoms. The third kappa shape index (κ3) is 9.53. The first-order valence-electron chi connectivity index (χ1n) is 6.87. The fraction of sp³-hybridized carbons (Fsp3) is 1.00. The van der Waals surface area contributed by atoms with Crippen LogP contribution in [0.2, 0.25) is 0 Å². The first-order chi connectivity index (χ1) is 8.33. The highest BCUT2D eigenvalue weighted by Crippen LogP contribution is 2.28. The monoisotopic (exact) mass is 245 g/mol. The maximum Gasteiger partial charge on any atom is 0.0897 e. The second-order valence-electron chi connectivity index (χ2n) is 4.80. The Morgan fingerprint density at radius 1 is 1.29 bits per heavy atom. The molecule has 0 saturated heterocycles. The summed E-state index contributed by atoms with van der Waals surface area (Å²) in [5.74, 6) is 0.826. The molecule has 4 heteroatoms. The predicted octanol–water partition coefficient (Wildman–Crippen LogP) is 1.18. The molecular weight excluding hydrogens is 218 g/mol. The summed E-state index contributed by atoms with van der Waals surface area (Å²) in [7, 11) is 0. The number of ether oxygens (including phenoxy) is 2. The van der Waals surface area contributed by atoms with E-state index in [9.17, 15) is 5.11 Å². The summed E-state index contributed by atoms with van der Waals surface area (Å²) in [4.78, 5) is 0. The zero-order valence-corrected chi connectivity index (χ0v) is 11.0. The standard InChI is InChI=1S/C13H27NO3/c1-2-3-7-16-11-13(15)9-14-6-8-17-10-12-4-5-12/h12-15H,2-11H2,1H3. The maximum atomic E-state index is 9.57. The molecule has 2 N–H and O–H groups in total. The van der Waals surface area contributed by atoms with Gasteiger partial charge in [0.1, 0.15) is 0 Å². The topological polar surface area (TPSA) is 50.7 Å². The van der Waals surface area contributed by atoms with Crippen LogP contribution in [0.5, 0.6) is 0 Å². The van der Waals surface area contributed by atoms with Crippen LogP contribution < -0.4 is 5.32 Å². The van der Waals surface area contributed by atoms with Gasteiger partial charge in [0.05, 0.1) is 19.3 Å². The van der Waals surface area contributed by atoms with Crippen molar-refractivity contribution in [1.82, 2.24) is 5.32 Å². The molecule has 0 aromatic carbocycles. The molecular formula is C13H27NO3. The van der Waals surface area contributed by atoms with Gasteiger partial charge in [-0.2, -0.15) is 0 Å². The SMILES string of the molecule is CCCCOCC(O)CNCCOCC1CC1. The molecule has 0 bridgehead atoms. The zero-order chi connectivity index (χ0) is 12.3. The molecule has 102 valence electrons. The molecule has 0 heterocycles. The van der Waals surface area contributed by atoms with E-state index in [0.717, 1.165) is 45.1 Å². The number of unbranched alkanes of at least 4 members (excludes halogenated alkanes) is 1. The highest BCUT2D eigenvalue weighted by atomic mass is 16.5. The van der Waals surface area contributed by atoms with Gasteiger partial charge >= 0.3 is 0 Å². The zero-order valence-electron chi connectivity index (χ0n) is 11.0. The molecule has 1 rings (SSSR count). The number of aliphatic hydroxyl groups is 1. The normalized spacial score (nSPS) is 17.3. The van der Waals surface area contributed by atoms with Crippen molar-refractivity contribution in [2.24, 2.45) is 5.92 Å². The molecule has 17 heavy (non-hydrogen) atoms. The Bertz CT molecular complexity index is 174. The summed E-state index contributed by atoms with van der Waals surface area (Å²) in [6, 6.07) is 0. The fourth-order valence-electron chi connectivity index (χ4n) is 1.47. The summed E-state index contributed by atoms with van der Waals surface area (Å²) in [5.41, 5.74) is 0. The van der Waals surface area contributed by atoms with Crippen molar-refractivity contribution in [3.63, 3.8) is 0 Å². The Balaban J connectivity index is 1.74. The van der Waals surface area contributed by atoms with Crippen molar-refractivity contribution < 1.29 is 14.6 Å². The van der Waals surface area contributed by atoms with E-state index in [-0.39, 0.29) is 0 Å². The van der Waals surface area contributed by atoms with Gasteiger partial charge in [-0.05, 0) is 25.2 Å². The van der Waals surface area contributed by atoms with Crippen molar-refractivity contribution in [2.45, 2.75) is 38.7 Å². The molecule has 1 atom stereocenters. The average Bonchev–Trinajstić information content (AvgIpc) is 3.13. The maximum absolute atomic E-state index is 9.57. The van der Waals surface area contributed by atoms with Crippen LogP contribution in [0.25, 0.3) is 0 Å². The third-order valence-corrected chi connectivity index (χ3v) is 2.81. The Hall–Kier alpha value is -0.160. The van der Waals surface area contributed by atoms with E-state index in [4.69, 9.17) is 9.47 Å². The summed E-state index contributed by atoms with van der Waals surface area (Å²) in [6.07, 6.45) is 4.46. The average molecular weight is 245 g/mol. The Labute approximate surface area is 105 Å². The van der Waals surface area contributed by atoms with Crippen molar-refractivity contribution in [3.05, 3.63) is 0 Å². The number of aliphatic hydroxyl groups excluding tert-OH is 1. The molecule has 1 aliphatic rings. The minimum absolute atomic E-state index is 0.407. The molecule has 1 unspecified atom stereocenters. The van der Waals surface area contributed by atoms with Crippen LogP contribution in [0.1, 0.15) is 32.6 Å². The smallest absolute Gasteiger partial charge is 0.0897 e. The van der Waals surface area contributed by atoms with E-state index in [1.807, 2.05) is 0 Å². The van der Waals surface area contributed by atoms with Gasteiger partial charge in [0.2, 0.25) is 0 Å². The minimum atomic E-state index is -0.407. The Morgan fingerprint density at radius 2 is 2.12 bits per heavy atom. The molecule has 1 fully saturated rings. The second-order valence-corrected chi connectivity index (χ2v) is 4.80. The quantitative estimate of drug-likeness (QED) is 0.507.